The van der Waals surface area contributed by atoms with Crippen LogP contribution in [0.15, 0.2) is 47.6 Å². The van der Waals surface area contributed by atoms with E-state index in [1.165, 1.54) is 0 Å². The second-order valence-corrected chi connectivity index (χ2v) is 4.63. The van der Waals surface area contributed by atoms with Gasteiger partial charge in [-0.1, -0.05) is 12.1 Å². The molecule has 6 nitrogen and oxygen atoms in total. The lowest BCUT2D eigenvalue weighted by atomic mass is 10.2. The number of anilines is 1. The smallest absolute Gasteiger partial charge is 0.231 e. The second kappa shape index (κ2) is 4.52. The Kier molecular flexibility index (Phi) is 2.53. The van der Waals surface area contributed by atoms with Crippen molar-refractivity contribution >= 4 is 23.2 Å². The Morgan fingerprint density at radius 3 is 2.95 bits per heavy atom. The van der Waals surface area contributed by atoms with E-state index in [9.17, 15) is 0 Å². The predicted molar refractivity (Wildman–Crippen MR) is 79.7 cm³/mol. The van der Waals surface area contributed by atoms with Gasteiger partial charge in [-0.3, -0.25) is 0 Å². The molecule has 104 valence electrons. The van der Waals surface area contributed by atoms with Crippen LogP contribution in [-0.2, 0) is 0 Å². The van der Waals surface area contributed by atoms with Crippen LogP contribution in [-0.4, -0.2) is 22.7 Å². The van der Waals surface area contributed by atoms with Crippen molar-refractivity contribution in [3.8, 4) is 11.5 Å². The number of para-hydroxylation sites is 2. The Balaban J connectivity index is 1.72. The summed E-state index contributed by atoms with van der Waals surface area (Å²) in [6, 6.07) is 13.3. The van der Waals surface area contributed by atoms with Gasteiger partial charge in [-0.05, 0) is 35.9 Å². The highest BCUT2D eigenvalue weighted by atomic mass is 16.7. The van der Waals surface area contributed by atoms with Gasteiger partial charge in [0.25, 0.3) is 0 Å². The molecular formula is C15H12N4O2. The van der Waals surface area contributed by atoms with Gasteiger partial charge in [0.1, 0.15) is 0 Å². The molecule has 1 aliphatic heterocycles. The molecule has 0 aliphatic carbocycles. The lowest BCUT2D eigenvalue weighted by Gasteiger charge is -1.99. The number of fused-ring (bicyclic) bond motifs is 2. The highest BCUT2D eigenvalue weighted by Crippen LogP contribution is 2.32. The molecule has 0 unspecified atom stereocenters. The summed E-state index contributed by atoms with van der Waals surface area (Å²) in [6.07, 6.45) is 1.71. The Morgan fingerprint density at radius 2 is 2.00 bits per heavy atom. The number of nitrogen functional groups attached to an aromatic ring is 1. The molecule has 0 radical (unpaired) electrons. The molecule has 2 heterocycles. The number of hydrogen-bond acceptors (Lipinski definition) is 5. The van der Waals surface area contributed by atoms with Gasteiger partial charge in [0.15, 0.2) is 11.5 Å². The van der Waals surface area contributed by atoms with E-state index in [0.717, 1.165) is 28.1 Å². The Morgan fingerprint density at radius 1 is 1.14 bits per heavy atom. The summed E-state index contributed by atoms with van der Waals surface area (Å²) >= 11 is 0. The first-order chi connectivity index (χ1) is 10.3. The largest absolute Gasteiger partial charge is 0.454 e. The van der Waals surface area contributed by atoms with Crippen molar-refractivity contribution in [1.29, 1.82) is 0 Å². The predicted octanol–water partition coefficient (Wildman–Crippen LogP) is 2.23. The zero-order chi connectivity index (χ0) is 14.2. The molecule has 1 aliphatic rings. The standard InChI is InChI=1S/C15H12N4O2/c16-15-18-11-3-1-2-4-12(11)19(15)17-8-10-5-6-13-14(7-10)21-9-20-13/h1-8H,9H2,(H2,16,18)/b17-8+. The third-order valence-corrected chi connectivity index (χ3v) is 3.28. The van der Waals surface area contributed by atoms with E-state index in [1.54, 1.807) is 10.9 Å². The van der Waals surface area contributed by atoms with Crippen LogP contribution in [0.25, 0.3) is 11.0 Å². The summed E-state index contributed by atoms with van der Waals surface area (Å²) in [7, 11) is 0. The maximum absolute atomic E-state index is 5.90. The molecule has 0 saturated carbocycles. The first-order valence-electron chi connectivity index (χ1n) is 6.48. The second-order valence-electron chi connectivity index (χ2n) is 4.63. The fraction of sp³-hybridized carbons (Fsp3) is 0.0667. The normalized spacial score (nSPS) is 13.3. The monoisotopic (exact) mass is 280 g/mol. The topological polar surface area (TPSA) is 74.7 Å². The summed E-state index contributed by atoms with van der Waals surface area (Å²) in [5.41, 5.74) is 8.49. The summed E-state index contributed by atoms with van der Waals surface area (Å²) in [5, 5.41) is 4.40. The molecule has 0 atom stereocenters. The zero-order valence-corrected chi connectivity index (χ0v) is 11.1. The van der Waals surface area contributed by atoms with E-state index < -0.39 is 0 Å². The lowest BCUT2D eigenvalue weighted by Crippen LogP contribution is -1.98. The molecule has 1 aromatic heterocycles. The van der Waals surface area contributed by atoms with Crippen LogP contribution in [0.4, 0.5) is 5.95 Å². The highest BCUT2D eigenvalue weighted by molar-refractivity contribution is 5.83. The average molecular weight is 280 g/mol. The minimum atomic E-state index is 0.259. The van der Waals surface area contributed by atoms with Crippen molar-refractivity contribution in [3.63, 3.8) is 0 Å². The van der Waals surface area contributed by atoms with E-state index in [1.807, 2.05) is 42.5 Å². The van der Waals surface area contributed by atoms with Crippen LogP contribution in [0.3, 0.4) is 0 Å². The summed E-state index contributed by atoms with van der Waals surface area (Å²) in [5.74, 6) is 1.83. The maximum Gasteiger partial charge on any atom is 0.231 e. The van der Waals surface area contributed by atoms with Gasteiger partial charge in [-0.25, -0.2) is 4.98 Å². The summed E-state index contributed by atoms with van der Waals surface area (Å²) in [4.78, 5) is 4.27. The van der Waals surface area contributed by atoms with Crippen LogP contribution in [0.5, 0.6) is 11.5 Å². The van der Waals surface area contributed by atoms with E-state index in [0.29, 0.717) is 5.95 Å². The summed E-state index contributed by atoms with van der Waals surface area (Å²) < 4.78 is 12.2. The van der Waals surface area contributed by atoms with Gasteiger partial charge in [-0.15, -0.1) is 0 Å². The van der Waals surface area contributed by atoms with Crippen molar-refractivity contribution < 1.29 is 9.47 Å². The zero-order valence-electron chi connectivity index (χ0n) is 11.1. The third-order valence-electron chi connectivity index (χ3n) is 3.28. The SMILES string of the molecule is Nc1nc2ccccc2n1/N=C/c1ccc2c(c1)OCO2. The van der Waals surface area contributed by atoms with Crippen molar-refractivity contribution in [2.75, 3.05) is 12.5 Å². The lowest BCUT2D eigenvalue weighted by molar-refractivity contribution is 0.174. The molecule has 4 rings (SSSR count). The van der Waals surface area contributed by atoms with Crippen LogP contribution >= 0.6 is 0 Å². The molecule has 0 bridgehead atoms. The minimum Gasteiger partial charge on any atom is -0.454 e. The molecule has 6 heteroatoms. The molecule has 0 spiro atoms. The molecular weight excluding hydrogens is 268 g/mol. The molecule has 21 heavy (non-hydrogen) atoms. The number of nitrogens with zero attached hydrogens (tertiary/aromatic N) is 3. The van der Waals surface area contributed by atoms with Gasteiger partial charge >= 0.3 is 0 Å². The fourth-order valence-electron chi connectivity index (χ4n) is 2.27. The van der Waals surface area contributed by atoms with Gasteiger partial charge in [0, 0.05) is 0 Å². The number of imidazole rings is 1. The van der Waals surface area contributed by atoms with Crippen LogP contribution < -0.4 is 15.2 Å². The third kappa shape index (κ3) is 1.97. The average Bonchev–Trinajstić information content (AvgIpc) is 3.08. The fourth-order valence-corrected chi connectivity index (χ4v) is 2.27. The Hall–Kier alpha value is -3.02. The van der Waals surface area contributed by atoms with Gasteiger partial charge in [0.05, 0.1) is 17.2 Å². The highest BCUT2D eigenvalue weighted by Gasteiger charge is 2.12. The van der Waals surface area contributed by atoms with Crippen LogP contribution in [0, 0.1) is 0 Å². The molecule has 0 fully saturated rings. The first-order valence-corrected chi connectivity index (χ1v) is 6.48. The number of aromatic nitrogens is 2. The maximum atomic E-state index is 5.90. The number of rotatable bonds is 2. The van der Waals surface area contributed by atoms with E-state index >= 15 is 0 Å². The number of nitrogens with two attached hydrogens (primary N) is 1. The van der Waals surface area contributed by atoms with E-state index in [4.69, 9.17) is 15.2 Å². The number of benzene rings is 2. The van der Waals surface area contributed by atoms with Crippen LogP contribution in [0.1, 0.15) is 5.56 Å². The quantitative estimate of drug-likeness (QED) is 0.730. The molecule has 0 amide bonds. The van der Waals surface area contributed by atoms with Gasteiger partial charge in [-0.2, -0.15) is 9.78 Å². The van der Waals surface area contributed by atoms with Crippen molar-refractivity contribution in [3.05, 3.63) is 48.0 Å². The van der Waals surface area contributed by atoms with E-state index in [2.05, 4.69) is 10.1 Å². The molecule has 0 saturated heterocycles. The van der Waals surface area contributed by atoms with Crippen LogP contribution in [0.2, 0.25) is 0 Å². The van der Waals surface area contributed by atoms with Gasteiger partial charge in [0.2, 0.25) is 12.7 Å². The number of ether oxygens (including phenoxy) is 2. The minimum absolute atomic E-state index is 0.259. The first kappa shape index (κ1) is 11.8. The van der Waals surface area contributed by atoms with Crippen molar-refractivity contribution in [2.45, 2.75) is 0 Å². The number of hydrogen-bond donors (Lipinski definition) is 1. The summed E-state index contributed by atoms with van der Waals surface area (Å²) in [6.45, 7) is 0.259. The Bertz CT molecular complexity index is 854. The van der Waals surface area contributed by atoms with Crippen molar-refractivity contribution in [2.24, 2.45) is 5.10 Å². The molecule has 2 aromatic carbocycles. The Labute approximate surface area is 120 Å². The van der Waals surface area contributed by atoms with Crippen molar-refractivity contribution in [1.82, 2.24) is 9.66 Å². The van der Waals surface area contributed by atoms with Gasteiger partial charge < -0.3 is 15.2 Å². The van der Waals surface area contributed by atoms with E-state index in [-0.39, 0.29) is 6.79 Å². The molecule has 3 aromatic rings. The molecule has 2 N–H and O–H groups in total.